The Bertz CT molecular complexity index is 773. The maximum Gasteiger partial charge on any atom is 0.0801 e. The third-order valence-electron chi connectivity index (χ3n) is 3.30. The number of aromatic nitrogens is 2. The highest BCUT2D eigenvalue weighted by atomic mass is 14.7. The van der Waals surface area contributed by atoms with Crippen molar-refractivity contribution < 1.29 is 0 Å². The Labute approximate surface area is 97.9 Å². The summed E-state index contributed by atoms with van der Waals surface area (Å²) in [5, 5.41) is 4.93. The molecule has 0 fully saturated rings. The van der Waals surface area contributed by atoms with Gasteiger partial charge in [-0.3, -0.25) is 4.98 Å². The zero-order chi connectivity index (χ0) is 11.2. The second kappa shape index (κ2) is 3.08. The summed E-state index contributed by atoms with van der Waals surface area (Å²) >= 11 is 0. The highest BCUT2D eigenvalue weighted by Crippen LogP contribution is 2.32. The molecule has 0 bridgehead atoms. The van der Waals surface area contributed by atoms with E-state index in [1.807, 2.05) is 18.5 Å². The predicted molar refractivity (Wildman–Crippen MR) is 71.1 cm³/mol. The monoisotopic (exact) mass is 218 g/mol. The smallest absolute Gasteiger partial charge is 0.0801 e. The summed E-state index contributed by atoms with van der Waals surface area (Å²) in [7, 11) is 0. The molecule has 2 aromatic carbocycles. The van der Waals surface area contributed by atoms with Crippen LogP contribution in [0.25, 0.3) is 32.6 Å². The molecule has 0 amide bonds. The number of hydrogen-bond acceptors (Lipinski definition) is 1. The van der Waals surface area contributed by atoms with Crippen molar-refractivity contribution in [1.29, 1.82) is 0 Å². The van der Waals surface area contributed by atoms with Gasteiger partial charge in [-0.1, -0.05) is 24.3 Å². The molecule has 0 saturated heterocycles. The average Bonchev–Trinajstić information content (AvgIpc) is 2.89. The molecule has 4 aromatic rings. The Kier molecular flexibility index (Phi) is 1.59. The van der Waals surface area contributed by atoms with Crippen molar-refractivity contribution in [2.24, 2.45) is 0 Å². The first-order valence-electron chi connectivity index (χ1n) is 5.68. The molecule has 0 aliphatic rings. The van der Waals surface area contributed by atoms with Gasteiger partial charge in [-0.2, -0.15) is 0 Å². The van der Waals surface area contributed by atoms with Gasteiger partial charge >= 0.3 is 0 Å². The first kappa shape index (κ1) is 8.76. The van der Waals surface area contributed by atoms with Crippen LogP contribution in [0.2, 0.25) is 0 Å². The number of nitrogens with one attached hydrogen (secondary N) is 1. The first-order valence-corrected chi connectivity index (χ1v) is 5.68. The van der Waals surface area contributed by atoms with E-state index in [1.165, 1.54) is 27.1 Å². The van der Waals surface area contributed by atoms with Crippen molar-refractivity contribution in [1.82, 2.24) is 9.97 Å². The van der Waals surface area contributed by atoms with Crippen LogP contribution in [0.3, 0.4) is 0 Å². The SMILES string of the molecule is c1ccc2c(c1)c1cc[nH]c1c1cccnc21. The van der Waals surface area contributed by atoms with Gasteiger partial charge in [0.15, 0.2) is 0 Å². The van der Waals surface area contributed by atoms with Crippen molar-refractivity contribution >= 4 is 32.6 Å². The standard InChI is InChI=1S/C15H10N2/c1-2-5-11-10(4-1)12-7-9-17-15(12)13-6-3-8-16-14(11)13/h1-9,17H. The zero-order valence-electron chi connectivity index (χ0n) is 9.14. The van der Waals surface area contributed by atoms with Gasteiger partial charge < -0.3 is 4.98 Å². The maximum absolute atomic E-state index is 4.52. The number of pyridine rings is 1. The Hall–Kier alpha value is -2.35. The van der Waals surface area contributed by atoms with Crippen LogP contribution in [-0.2, 0) is 0 Å². The molecule has 80 valence electrons. The number of benzene rings is 2. The van der Waals surface area contributed by atoms with Crippen molar-refractivity contribution in [2.45, 2.75) is 0 Å². The molecule has 0 saturated carbocycles. The Morgan fingerprint density at radius 2 is 1.59 bits per heavy atom. The van der Waals surface area contributed by atoms with Gasteiger partial charge in [0.2, 0.25) is 0 Å². The van der Waals surface area contributed by atoms with Gasteiger partial charge in [-0.05, 0) is 23.6 Å². The number of aromatic amines is 1. The molecule has 0 spiro atoms. The molecule has 2 aromatic heterocycles. The first-order chi connectivity index (χ1) is 8.45. The van der Waals surface area contributed by atoms with Crippen molar-refractivity contribution in [3.63, 3.8) is 0 Å². The summed E-state index contributed by atoms with van der Waals surface area (Å²) in [6, 6.07) is 14.7. The minimum Gasteiger partial charge on any atom is -0.361 e. The van der Waals surface area contributed by atoms with Gasteiger partial charge in [0.1, 0.15) is 0 Å². The second-order valence-corrected chi connectivity index (χ2v) is 4.21. The van der Waals surface area contributed by atoms with Crippen LogP contribution in [-0.4, -0.2) is 9.97 Å². The van der Waals surface area contributed by atoms with Crippen LogP contribution in [0.1, 0.15) is 0 Å². The average molecular weight is 218 g/mol. The molecule has 2 nitrogen and oxygen atoms in total. The van der Waals surface area contributed by atoms with E-state index in [2.05, 4.69) is 46.4 Å². The molecular weight excluding hydrogens is 208 g/mol. The highest BCUT2D eigenvalue weighted by molar-refractivity contribution is 6.23. The summed E-state index contributed by atoms with van der Waals surface area (Å²) in [6.07, 6.45) is 3.84. The van der Waals surface area contributed by atoms with Gasteiger partial charge in [0.05, 0.1) is 11.0 Å². The lowest BCUT2D eigenvalue weighted by Crippen LogP contribution is -1.83. The minimum absolute atomic E-state index is 1.07. The fourth-order valence-corrected chi connectivity index (χ4v) is 2.56. The van der Waals surface area contributed by atoms with E-state index in [9.17, 15) is 0 Å². The van der Waals surface area contributed by atoms with E-state index in [0.717, 1.165) is 5.52 Å². The number of fused-ring (bicyclic) bond motifs is 6. The fourth-order valence-electron chi connectivity index (χ4n) is 2.56. The van der Waals surface area contributed by atoms with Crippen molar-refractivity contribution in [2.75, 3.05) is 0 Å². The Morgan fingerprint density at radius 1 is 0.765 bits per heavy atom. The summed E-state index contributed by atoms with van der Waals surface area (Å²) in [6.45, 7) is 0. The summed E-state index contributed by atoms with van der Waals surface area (Å²) < 4.78 is 0. The number of nitrogens with zero attached hydrogens (tertiary/aromatic N) is 1. The molecule has 2 heterocycles. The van der Waals surface area contributed by atoms with Crippen LogP contribution >= 0.6 is 0 Å². The predicted octanol–water partition coefficient (Wildman–Crippen LogP) is 3.87. The quantitative estimate of drug-likeness (QED) is 0.446. The lowest BCUT2D eigenvalue weighted by molar-refractivity contribution is 1.42. The summed E-state index contributed by atoms with van der Waals surface area (Å²) in [4.78, 5) is 7.83. The van der Waals surface area contributed by atoms with Crippen LogP contribution in [0.4, 0.5) is 0 Å². The normalized spacial score (nSPS) is 11.5. The maximum atomic E-state index is 4.52. The second-order valence-electron chi connectivity index (χ2n) is 4.21. The van der Waals surface area contributed by atoms with E-state index < -0.39 is 0 Å². The number of H-pyrrole nitrogens is 1. The van der Waals surface area contributed by atoms with Crippen molar-refractivity contribution in [3.8, 4) is 0 Å². The van der Waals surface area contributed by atoms with Crippen LogP contribution < -0.4 is 0 Å². The minimum atomic E-state index is 1.07. The van der Waals surface area contributed by atoms with Crippen LogP contribution in [0.5, 0.6) is 0 Å². The van der Waals surface area contributed by atoms with E-state index >= 15 is 0 Å². The van der Waals surface area contributed by atoms with E-state index in [4.69, 9.17) is 0 Å². The van der Waals surface area contributed by atoms with Crippen molar-refractivity contribution in [3.05, 3.63) is 54.9 Å². The molecule has 0 atom stereocenters. The van der Waals surface area contributed by atoms with Gasteiger partial charge in [0.25, 0.3) is 0 Å². The molecular formula is C15H10N2. The third kappa shape index (κ3) is 1.07. The molecule has 0 unspecified atom stereocenters. The molecule has 0 aliphatic heterocycles. The van der Waals surface area contributed by atoms with E-state index in [1.54, 1.807) is 0 Å². The fraction of sp³-hybridized carbons (Fsp3) is 0. The number of hydrogen-bond donors (Lipinski definition) is 1. The summed E-state index contributed by atoms with van der Waals surface area (Å²) in [5.74, 6) is 0. The van der Waals surface area contributed by atoms with Gasteiger partial charge in [0, 0.05) is 28.6 Å². The molecule has 4 rings (SSSR count). The van der Waals surface area contributed by atoms with E-state index in [0.29, 0.717) is 0 Å². The molecule has 1 N–H and O–H groups in total. The third-order valence-corrected chi connectivity index (χ3v) is 3.30. The van der Waals surface area contributed by atoms with Crippen LogP contribution in [0.15, 0.2) is 54.9 Å². The molecule has 2 heteroatoms. The van der Waals surface area contributed by atoms with Gasteiger partial charge in [-0.25, -0.2) is 0 Å². The lowest BCUT2D eigenvalue weighted by atomic mass is 10.0. The zero-order valence-corrected chi connectivity index (χ0v) is 9.14. The number of rotatable bonds is 0. The Morgan fingerprint density at radius 3 is 2.53 bits per heavy atom. The van der Waals surface area contributed by atoms with E-state index in [-0.39, 0.29) is 0 Å². The Balaban J connectivity index is 2.48. The van der Waals surface area contributed by atoms with Crippen LogP contribution in [0, 0.1) is 0 Å². The summed E-state index contributed by atoms with van der Waals surface area (Å²) in [5.41, 5.74) is 2.24. The van der Waals surface area contributed by atoms with Gasteiger partial charge in [-0.15, -0.1) is 0 Å². The highest BCUT2D eigenvalue weighted by Gasteiger charge is 2.08. The molecule has 0 radical (unpaired) electrons. The molecule has 0 aliphatic carbocycles. The molecule has 17 heavy (non-hydrogen) atoms. The topological polar surface area (TPSA) is 28.7 Å². The lowest BCUT2D eigenvalue weighted by Gasteiger charge is -2.05. The largest absolute Gasteiger partial charge is 0.361 e.